The van der Waals surface area contributed by atoms with E-state index in [1.807, 2.05) is 65.6 Å². The number of methoxy groups -OCH3 is 1. The highest BCUT2D eigenvalue weighted by molar-refractivity contribution is 5.94. The van der Waals surface area contributed by atoms with Gasteiger partial charge in [-0.05, 0) is 59.2 Å². The number of benzene rings is 3. The number of carboxylic acid groups (broad SMARTS) is 1. The van der Waals surface area contributed by atoms with Gasteiger partial charge in [0.25, 0.3) is 0 Å². The van der Waals surface area contributed by atoms with Gasteiger partial charge < -0.3 is 24.6 Å². The second-order valence-electron chi connectivity index (χ2n) is 10.6. The molecule has 0 bridgehead atoms. The quantitative estimate of drug-likeness (QED) is 0.334. The Balaban J connectivity index is 1.47. The van der Waals surface area contributed by atoms with Gasteiger partial charge in [-0.3, -0.25) is 14.5 Å². The molecule has 41 heavy (non-hydrogen) atoms. The Kier molecular flexibility index (Phi) is 8.90. The number of nitrogens with zero attached hydrogens (tertiary/aromatic N) is 1. The number of aliphatic carboxylic acids is 1. The zero-order valence-corrected chi connectivity index (χ0v) is 23.9. The molecular formula is C33H38N2O6. The summed E-state index contributed by atoms with van der Waals surface area (Å²) in [5.74, 6) is -0.889. The van der Waals surface area contributed by atoms with Gasteiger partial charge in [0.1, 0.15) is 0 Å². The van der Waals surface area contributed by atoms with E-state index in [-0.39, 0.29) is 25.2 Å². The molecule has 0 aromatic heterocycles. The van der Waals surface area contributed by atoms with Gasteiger partial charge in [-0.2, -0.15) is 0 Å². The molecule has 3 unspecified atom stereocenters. The number of para-hydroxylation sites is 1. The van der Waals surface area contributed by atoms with E-state index in [0.29, 0.717) is 24.7 Å². The molecule has 1 fully saturated rings. The van der Waals surface area contributed by atoms with Gasteiger partial charge in [0.15, 0.2) is 11.5 Å². The van der Waals surface area contributed by atoms with E-state index in [0.717, 1.165) is 52.8 Å². The molecule has 216 valence electrons. The van der Waals surface area contributed by atoms with Gasteiger partial charge in [0.2, 0.25) is 12.7 Å². The molecule has 0 radical (unpaired) electrons. The van der Waals surface area contributed by atoms with Gasteiger partial charge in [-0.15, -0.1) is 0 Å². The van der Waals surface area contributed by atoms with Gasteiger partial charge >= 0.3 is 5.97 Å². The molecule has 3 atom stereocenters. The predicted molar refractivity (Wildman–Crippen MR) is 157 cm³/mol. The molecule has 5 rings (SSSR count). The number of nitrogens with one attached hydrogen (secondary N) is 1. The van der Waals surface area contributed by atoms with Crippen LogP contribution in [0.1, 0.15) is 53.6 Å². The summed E-state index contributed by atoms with van der Waals surface area (Å²) in [5, 5.41) is 13.7. The normalized spacial score (nSPS) is 19.8. The molecule has 2 aliphatic heterocycles. The van der Waals surface area contributed by atoms with E-state index >= 15 is 0 Å². The number of rotatable bonds is 11. The number of amides is 1. The molecule has 3 aromatic carbocycles. The summed E-state index contributed by atoms with van der Waals surface area (Å²) < 4.78 is 16.3. The molecule has 0 aliphatic carbocycles. The third kappa shape index (κ3) is 6.09. The lowest BCUT2D eigenvalue weighted by Gasteiger charge is -2.27. The average molecular weight is 559 g/mol. The third-order valence-corrected chi connectivity index (χ3v) is 8.23. The summed E-state index contributed by atoms with van der Waals surface area (Å²) in [6.45, 7) is 5.39. The predicted octanol–water partition coefficient (Wildman–Crippen LogP) is 5.21. The molecule has 3 aromatic rings. The second-order valence-corrected chi connectivity index (χ2v) is 10.6. The molecule has 1 amide bonds. The number of hydrogen-bond donors (Lipinski definition) is 2. The number of carbonyl (C=O) groups is 2. The Labute approximate surface area is 241 Å². The van der Waals surface area contributed by atoms with Crippen LogP contribution in [0, 0.1) is 5.92 Å². The summed E-state index contributed by atoms with van der Waals surface area (Å²) >= 11 is 0. The molecule has 2 N–H and O–H groups in total. The van der Waals surface area contributed by atoms with Crippen LogP contribution in [0.2, 0.25) is 0 Å². The van der Waals surface area contributed by atoms with E-state index in [1.165, 1.54) is 0 Å². The summed E-state index contributed by atoms with van der Waals surface area (Å²) in [4.78, 5) is 28.5. The Hall–Kier alpha value is -3.88. The molecule has 0 saturated carbocycles. The number of aryl methyl sites for hydroxylation is 2. The fourth-order valence-electron chi connectivity index (χ4n) is 6.14. The highest BCUT2D eigenvalue weighted by Crippen LogP contribution is 2.47. The average Bonchev–Trinajstić information content (AvgIpc) is 3.61. The lowest BCUT2D eigenvalue weighted by Crippen LogP contribution is -2.35. The van der Waals surface area contributed by atoms with E-state index < -0.39 is 17.9 Å². The smallest absolute Gasteiger partial charge is 0.309 e. The minimum absolute atomic E-state index is 0.0716. The lowest BCUT2D eigenvalue weighted by atomic mass is 9.82. The maximum absolute atomic E-state index is 13.6. The highest BCUT2D eigenvalue weighted by atomic mass is 16.7. The van der Waals surface area contributed by atoms with Gasteiger partial charge in [0, 0.05) is 31.3 Å². The van der Waals surface area contributed by atoms with E-state index in [4.69, 9.17) is 14.2 Å². The Morgan fingerprint density at radius 1 is 0.976 bits per heavy atom. The summed E-state index contributed by atoms with van der Waals surface area (Å²) in [6, 6.07) is 19.2. The van der Waals surface area contributed by atoms with Gasteiger partial charge in [-0.1, -0.05) is 62.4 Å². The fourth-order valence-corrected chi connectivity index (χ4v) is 6.14. The van der Waals surface area contributed by atoms with E-state index in [1.54, 1.807) is 7.11 Å². The Morgan fingerprint density at radius 2 is 1.66 bits per heavy atom. The van der Waals surface area contributed by atoms with Crippen LogP contribution in [-0.2, 0) is 33.6 Å². The molecule has 1 saturated heterocycles. The summed E-state index contributed by atoms with van der Waals surface area (Å²) in [6.07, 6.45) is 2.38. The fraction of sp³-hybridized carbons (Fsp3) is 0.394. The number of fused-ring (bicyclic) bond motifs is 1. The van der Waals surface area contributed by atoms with Crippen molar-refractivity contribution in [2.24, 2.45) is 5.92 Å². The van der Waals surface area contributed by atoms with Crippen LogP contribution in [-0.4, -0.2) is 55.5 Å². The number of ether oxygens (including phenoxy) is 3. The van der Waals surface area contributed by atoms with Crippen molar-refractivity contribution in [3.05, 3.63) is 88.5 Å². The summed E-state index contributed by atoms with van der Waals surface area (Å²) in [5.41, 5.74) is 5.88. The van der Waals surface area contributed by atoms with Crippen LogP contribution in [0.25, 0.3) is 0 Å². The van der Waals surface area contributed by atoms with E-state index in [9.17, 15) is 14.7 Å². The first kappa shape index (κ1) is 28.6. The molecule has 8 nitrogen and oxygen atoms in total. The zero-order valence-electron chi connectivity index (χ0n) is 23.9. The van der Waals surface area contributed by atoms with Crippen molar-refractivity contribution in [2.75, 3.05) is 38.9 Å². The largest absolute Gasteiger partial charge is 0.481 e. The first-order valence-corrected chi connectivity index (χ1v) is 14.3. The SMILES string of the molecule is CCc1cccc(CC)c1NC(=O)CN1CC(c2ccc3c(c2)OCO3)C(C(=O)O)C1c1ccc(CCOC)cc1. The number of carboxylic acids is 1. The standard InChI is InChI=1S/C33H38N2O6/c1-4-22-7-6-8-23(5-2)31(22)34-29(36)19-35-18-26(25-13-14-27-28(17-25)41-20-40-27)30(33(37)38)32(35)24-11-9-21(10-12-24)15-16-39-3/h6-14,17,26,30,32H,4-5,15-16,18-20H2,1-3H3,(H,34,36)(H,37,38). The second kappa shape index (κ2) is 12.7. The minimum atomic E-state index is -0.895. The van der Waals surface area contributed by atoms with Crippen LogP contribution in [0.4, 0.5) is 5.69 Å². The third-order valence-electron chi connectivity index (χ3n) is 8.23. The van der Waals surface area contributed by atoms with Crippen molar-refractivity contribution in [1.82, 2.24) is 4.90 Å². The number of anilines is 1. The van der Waals surface area contributed by atoms with Crippen LogP contribution in [0.15, 0.2) is 60.7 Å². The van der Waals surface area contributed by atoms with Crippen LogP contribution in [0.5, 0.6) is 11.5 Å². The van der Waals surface area contributed by atoms with E-state index in [2.05, 4.69) is 19.2 Å². The van der Waals surface area contributed by atoms with Crippen molar-refractivity contribution in [1.29, 1.82) is 0 Å². The minimum Gasteiger partial charge on any atom is -0.481 e. The number of hydrogen-bond acceptors (Lipinski definition) is 6. The maximum Gasteiger partial charge on any atom is 0.309 e. The highest BCUT2D eigenvalue weighted by Gasteiger charge is 2.48. The van der Waals surface area contributed by atoms with Crippen LogP contribution in [0.3, 0.4) is 0 Å². The first-order chi connectivity index (χ1) is 19.9. The number of carbonyl (C=O) groups excluding carboxylic acids is 1. The van der Waals surface area contributed by atoms with Crippen molar-refractivity contribution in [3.8, 4) is 11.5 Å². The first-order valence-electron chi connectivity index (χ1n) is 14.3. The molecule has 8 heteroatoms. The lowest BCUT2D eigenvalue weighted by molar-refractivity contribution is -0.143. The molecule has 0 spiro atoms. The van der Waals surface area contributed by atoms with Crippen molar-refractivity contribution in [2.45, 2.75) is 45.1 Å². The van der Waals surface area contributed by atoms with Crippen molar-refractivity contribution >= 4 is 17.6 Å². The monoisotopic (exact) mass is 558 g/mol. The maximum atomic E-state index is 13.6. The van der Waals surface area contributed by atoms with Crippen LogP contribution < -0.4 is 14.8 Å². The number of likely N-dealkylation sites (tertiary alicyclic amines) is 1. The summed E-state index contributed by atoms with van der Waals surface area (Å²) in [7, 11) is 1.67. The van der Waals surface area contributed by atoms with Gasteiger partial charge in [0.05, 0.1) is 19.1 Å². The topological polar surface area (TPSA) is 97.3 Å². The van der Waals surface area contributed by atoms with Crippen molar-refractivity contribution in [3.63, 3.8) is 0 Å². The molecule has 2 heterocycles. The Morgan fingerprint density at radius 3 is 2.32 bits per heavy atom. The van der Waals surface area contributed by atoms with Gasteiger partial charge in [-0.25, -0.2) is 0 Å². The molecule has 2 aliphatic rings. The van der Waals surface area contributed by atoms with Crippen molar-refractivity contribution < 1.29 is 28.9 Å². The Bertz CT molecular complexity index is 1370. The molecular weight excluding hydrogens is 520 g/mol. The van der Waals surface area contributed by atoms with Crippen LogP contribution >= 0.6 is 0 Å². The zero-order chi connectivity index (χ0) is 28.9.